The van der Waals surface area contributed by atoms with Crippen molar-refractivity contribution in [3.05, 3.63) is 82.3 Å². The van der Waals surface area contributed by atoms with Crippen molar-refractivity contribution in [3.63, 3.8) is 0 Å². The summed E-state index contributed by atoms with van der Waals surface area (Å²) in [5.41, 5.74) is 1.57. The van der Waals surface area contributed by atoms with E-state index < -0.39 is 5.63 Å². The maximum Gasteiger partial charge on any atom is 0.427 e. The molecule has 0 spiro atoms. The lowest BCUT2D eigenvalue weighted by atomic mass is 10.0. The van der Waals surface area contributed by atoms with E-state index in [1.54, 1.807) is 24.3 Å². The second kappa shape index (κ2) is 5.58. The molecule has 0 saturated carbocycles. The summed E-state index contributed by atoms with van der Waals surface area (Å²) in [5, 5.41) is 2.46. The fourth-order valence-electron chi connectivity index (χ4n) is 2.17. The topological polar surface area (TPSA) is 66.9 Å². The zero-order valence-corrected chi connectivity index (χ0v) is 11.2. The lowest BCUT2D eigenvalue weighted by Crippen LogP contribution is -2.34. The van der Waals surface area contributed by atoms with Crippen molar-refractivity contribution in [2.24, 2.45) is 0 Å². The Morgan fingerprint density at radius 2 is 1.76 bits per heavy atom. The normalized spacial score (nSPS) is 10.5. The van der Waals surface area contributed by atoms with Crippen LogP contribution in [-0.4, -0.2) is 11.1 Å². The zero-order valence-electron chi connectivity index (χ0n) is 11.2. The number of benzene rings is 2. The third-order valence-corrected chi connectivity index (χ3v) is 3.15. The number of hydrogen-bond acceptors (Lipinski definition) is 3. The molecular weight excluding hydrogens is 268 g/mol. The summed E-state index contributed by atoms with van der Waals surface area (Å²) in [7, 11) is 0. The van der Waals surface area contributed by atoms with Crippen LogP contribution in [0.25, 0.3) is 5.69 Å². The minimum Gasteiger partial charge on any atom is -0.294 e. The number of nitrogens with one attached hydrogen (secondary N) is 1. The first-order valence-corrected chi connectivity index (χ1v) is 6.51. The summed E-state index contributed by atoms with van der Waals surface area (Å²) in [5.74, 6) is -0.0219. The van der Waals surface area contributed by atoms with Gasteiger partial charge in [0.2, 0.25) is 5.69 Å². The van der Waals surface area contributed by atoms with E-state index in [-0.39, 0.29) is 5.78 Å². The number of carbonyl (C=O) groups is 1. The van der Waals surface area contributed by atoms with Crippen molar-refractivity contribution in [2.45, 2.75) is 6.42 Å². The standard InChI is InChI=1S/C16H12N2O3/c19-15(10-12-6-2-1-3-7-12)13-8-4-5-9-14(13)18-11-16(20)21-17-18/h1-9,11H,10H2/p+1. The summed E-state index contributed by atoms with van der Waals surface area (Å²) >= 11 is 0. The number of rotatable bonds is 4. The lowest BCUT2D eigenvalue weighted by molar-refractivity contribution is -0.670. The van der Waals surface area contributed by atoms with Crippen molar-refractivity contribution in [3.8, 4) is 5.69 Å². The van der Waals surface area contributed by atoms with Gasteiger partial charge in [0.05, 0.1) is 5.56 Å². The summed E-state index contributed by atoms with van der Waals surface area (Å²) in [4.78, 5) is 23.6. The molecule has 0 bridgehead atoms. The number of aromatic nitrogens is 2. The molecule has 21 heavy (non-hydrogen) atoms. The van der Waals surface area contributed by atoms with Gasteiger partial charge in [0.25, 0.3) is 6.20 Å². The van der Waals surface area contributed by atoms with Crippen LogP contribution >= 0.6 is 0 Å². The molecule has 0 unspecified atom stereocenters. The number of H-pyrrole nitrogens is 1. The first-order valence-electron chi connectivity index (χ1n) is 6.51. The average molecular weight is 281 g/mol. The Morgan fingerprint density at radius 1 is 1.05 bits per heavy atom. The SMILES string of the molecule is O=C(Cc1ccccc1)c1ccccc1-[n+]1cc(=O)o[nH]1. The van der Waals surface area contributed by atoms with E-state index >= 15 is 0 Å². The van der Waals surface area contributed by atoms with Crippen molar-refractivity contribution >= 4 is 5.78 Å². The third kappa shape index (κ3) is 2.81. The Bertz CT molecular complexity index is 819. The Hall–Kier alpha value is -2.95. The van der Waals surface area contributed by atoms with Crippen LogP contribution in [0.4, 0.5) is 0 Å². The Kier molecular flexibility index (Phi) is 3.47. The van der Waals surface area contributed by atoms with Crippen LogP contribution in [0, 0.1) is 0 Å². The molecule has 2 aromatic carbocycles. The van der Waals surface area contributed by atoms with Gasteiger partial charge in [-0.1, -0.05) is 42.5 Å². The molecule has 0 aliphatic carbocycles. The molecule has 0 aliphatic rings. The first kappa shape index (κ1) is 13.1. The van der Waals surface area contributed by atoms with Crippen LogP contribution in [0.5, 0.6) is 0 Å². The van der Waals surface area contributed by atoms with Gasteiger partial charge in [0.15, 0.2) is 5.78 Å². The van der Waals surface area contributed by atoms with Gasteiger partial charge in [-0.25, -0.2) is 4.79 Å². The largest absolute Gasteiger partial charge is 0.427 e. The maximum atomic E-state index is 12.5. The monoisotopic (exact) mass is 281 g/mol. The fourth-order valence-corrected chi connectivity index (χ4v) is 2.17. The van der Waals surface area contributed by atoms with Crippen molar-refractivity contribution in [2.75, 3.05) is 0 Å². The highest BCUT2D eigenvalue weighted by molar-refractivity contribution is 5.99. The molecule has 0 amide bonds. The van der Waals surface area contributed by atoms with Crippen LogP contribution in [0.15, 0.2) is 70.1 Å². The molecule has 104 valence electrons. The average Bonchev–Trinajstić information content (AvgIpc) is 2.95. The van der Waals surface area contributed by atoms with Gasteiger partial charge in [-0.05, 0) is 21.6 Å². The Morgan fingerprint density at radius 3 is 2.48 bits per heavy atom. The van der Waals surface area contributed by atoms with E-state index in [4.69, 9.17) is 0 Å². The quantitative estimate of drug-likeness (QED) is 0.584. The summed E-state index contributed by atoms with van der Waals surface area (Å²) in [6.45, 7) is 0. The van der Waals surface area contributed by atoms with E-state index in [0.29, 0.717) is 17.7 Å². The van der Waals surface area contributed by atoms with Gasteiger partial charge in [0.1, 0.15) is 0 Å². The number of hydrogen-bond donors (Lipinski definition) is 1. The highest BCUT2D eigenvalue weighted by Gasteiger charge is 2.20. The molecule has 5 nitrogen and oxygen atoms in total. The Labute approximate surface area is 120 Å². The first-order chi connectivity index (χ1) is 10.2. The van der Waals surface area contributed by atoms with Crippen LogP contribution in [0.2, 0.25) is 0 Å². The van der Waals surface area contributed by atoms with Gasteiger partial charge in [0, 0.05) is 12.5 Å². The second-order valence-electron chi connectivity index (χ2n) is 4.61. The molecule has 0 atom stereocenters. The van der Waals surface area contributed by atoms with Crippen molar-refractivity contribution in [1.82, 2.24) is 5.27 Å². The van der Waals surface area contributed by atoms with E-state index in [1.807, 2.05) is 30.3 Å². The summed E-state index contributed by atoms with van der Waals surface area (Å²) in [6, 6.07) is 16.6. The minimum atomic E-state index is -0.500. The van der Waals surface area contributed by atoms with Gasteiger partial charge >= 0.3 is 5.63 Å². The summed E-state index contributed by atoms with van der Waals surface area (Å²) < 4.78 is 6.05. The van der Waals surface area contributed by atoms with Crippen molar-refractivity contribution < 1.29 is 14.0 Å². The number of ketones is 1. The van der Waals surface area contributed by atoms with Crippen LogP contribution < -0.4 is 10.3 Å². The Balaban J connectivity index is 1.95. The number of Topliss-reactive ketones (excluding diaryl/α,β-unsaturated/α-hetero) is 1. The number of carbonyl (C=O) groups excluding carboxylic acids is 1. The fraction of sp³-hybridized carbons (Fsp3) is 0.0625. The summed E-state index contributed by atoms with van der Waals surface area (Å²) in [6.07, 6.45) is 1.56. The van der Waals surface area contributed by atoms with E-state index in [2.05, 4.69) is 9.79 Å². The smallest absolute Gasteiger partial charge is 0.294 e. The highest BCUT2D eigenvalue weighted by atomic mass is 16.5. The van der Waals surface area contributed by atoms with E-state index in [0.717, 1.165) is 5.56 Å². The molecule has 5 heteroatoms. The molecule has 3 aromatic rings. The van der Waals surface area contributed by atoms with E-state index in [9.17, 15) is 9.59 Å². The van der Waals surface area contributed by atoms with Crippen LogP contribution in [0.3, 0.4) is 0 Å². The minimum absolute atomic E-state index is 0.0219. The van der Waals surface area contributed by atoms with Crippen LogP contribution in [0.1, 0.15) is 15.9 Å². The molecular formula is C16H13N2O3+. The molecule has 1 heterocycles. The lowest BCUT2D eigenvalue weighted by Gasteiger charge is -2.02. The number of aromatic amines is 1. The van der Waals surface area contributed by atoms with Crippen molar-refractivity contribution in [1.29, 1.82) is 0 Å². The van der Waals surface area contributed by atoms with E-state index in [1.165, 1.54) is 10.9 Å². The third-order valence-electron chi connectivity index (χ3n) is 3.15. The second-order valence-corrected chi connectivity index (χ2v) is 4.61. The molecule has 1 aromatic heterocycles. The maximum absolute atomic E-state index is 12.5. The predicted molar refractivity (Wildman–Crippen MR) is 75.3 cm³/mol. The highest BCUT2D eigenvalue weighted by Crippen LogP contribution is 2.12. The number of nitrogens with zero attached hydrogens (tertiary/aromatic N) is 1. The predicted octanol–water partition coefficient (Wildman–Crippen LogP) is 1.67. The molecule has 0 fully saturated rings. The molecule has 3 rings (SSSR count). The van der Waals surface area contributed by atoms with Crippen LogP contribution in [-0.2, 0) is 6.42 Å². The molecule has 0 radical (unpaired) electrons. The van der Waals surface area contributed by atoms with Gasteiger partial charge < -0.3 is 0 Å². The zero-order chi connectivity index (χ0) is 14.7. The van der Waals surface area contributed by atoms with Gasteiger partial charge in [-0.3, -0.25) is 9.32 Å². The molecule has 1 N–H and O–H groups in total. The van der Waals surface area contributed by atoms with Gasteiger partial charge in [-0.15, -0.1) is 0 Å². The molecule has 0 saturated heterocycles. The molecule has 0 aliphatic heterocycles. The number of para-hydroxylation sites is 1. The van der Waals surface area contributed by atoms with Gasteiger partial charge in [-0.2, -0.15) is 0 Å².